The third-order valence-electron chi connectivity index (χ3n) is 2.80. The number of rotatable bonds is 8. The summed E-state index contributed by atoms with van der Waals surface area (Å²) in [4.78, 5) is 0. The van der Waals surface area contributed by atoms with E-state index in [1.165, 1.54) is 10.0 Å². The minimum atomic E-state index is 0.511. The molecular formula is C14H22BrNO. The van der Waals surface area contributed by atoms with Crippen molar-refractivity contribution in [3.05, 3.63) is 34.3 Å². The summed E-state index contributed by atoms with van der Waals surface area (Å²) in [5.74, 6) is 0.511. The van der Waals surface area contributed by atoms with Crippen molar-refractivity contribution in [3.8, 4) is 0 Å². The zero-order valence-electron chi connectivity index (χ0n) is 10.7. The van der Waals surface area contributed by atoms with E-state index < -0.39 is 0 Å². The fourth-order valence-corrected chi connectivity index (χ4v) is 2.47. The fraction of sp³-hybridized carbons (Fsp3) is 0.571. The molecule has 0 heterocycles. The van der Waals surface area contributed by atoms with Crippen LogP contribution < -0.4 is 5.32 Å². The Bertz CT molecular complexity index is 317. The van der Waals surface area contributed by atoms with Crippen LogP contribution in [0.1, 0.15) is 31.7 Å². The van der Waals surface area contributed by atoms with Crippen molar-refractivity contribution in [1.82, 2.24) is 5.32 Å². The van der Waals surface area contributed by atoms with Crippen molar-refractivity contribution in [2.45, 2.75) is 26.2 Å². The van der Waals surface area contributed by atoms with Crippen LogP contribution >= 0.6 is 15.9 Å². The maximum absolute atomic E-state index is 5.46. The summed E-state index contributed by atoms with van der Waals surface area (Å²) >= 11 is 3.63. The third-order valence-corrected chi connectivity index (χ3v) is 3.52. The SMILES string of the molecule is CCNCC(CCOCC)c1ccccc1Br. The van der Waals surface area contributed by atoms with Crippen LogP contribution in [0, 0.1) is 0 Å². The Balaban J connectivity index is 2.64. The highest BCUT2D eigenvalue weighted by Crippen LogP contribution is 2.26. The number of halogens is 1. The molecule has 0 bridgehead atoms. The van der Waals surface area contributed by atoms with Crippen LogP contribution in [0.15, 0.2) is 28.7 Å². The molecule has 96 valence electrons. The molecule has 0 saturated heterocycles. The first-order chi connectivity index (χ1) is 8.29. The molecule has 0 fully saturated rings. The zero-order chi connectivity index (χ0) is 12.5. The van der Waals surface area contributed by atoms with Gasteiger partial charge in [0.05, 0.1) is 0 Å². The molecule has 3 heteroatoms. The lowest BCUT2D eigenvalue weighted by Gasteiger charge is -2.19. The number of hydrogen-bond acceptors (Lipinski definition) is 2. The van der Waals surface area contributed by atoms with E-state index >= 15 is 0 Å². The highest BCUT2D eigenvalue weighted by atomic mass is 79.9. The molecule has 1 atom stereocenters. The van der Waals surface area contributed by atoms with Gasteiger partial charge in [-0.15, -0.1) is 0 Å². The second-order valence-corrected chi connectivity index (χ2v) is 4.87. The fourth-order valence-electron chi connectivity index (χ4n) is 1.86. The van der Waals surface area contributed by atoms with Crippen LogP contribution in [0.25, 0.3) is 0 Å². The molecule has 0 aliphatic rings. The van der Waals surface area contributed by atoms with Crippen LogP contribution in [0.5, 0.6) is 0 Å². The molecule has 0 amide bonds. The summed E-state index contributed by atoms with van der Waals surface area (Å²) in [6.45, 7) is 7.82. The molecule has 1 aromatic rings. The number of ether oxygens (including phenoxy) is 1. The first kappa shape index (κ1) is 14.7. The predicted octanol–water partition coefficient (Wildman–Crippen LogP) is 3.57. The molecule has 0 aliphatic carbocycles. The Morgan fingerprint density at radius 3 is 2.71 bits per heavy atom. The van der Waals surface area contributed by atoms with E-state index in [0.29, 0.717) is 5.92 Å². The van der Waals surface area contributed by atoms with Crippen LogP contribution in [-0.4, -0.2) is 26.3 Å². The van der Waals surface area contributed by atoms with E-state index in [4.69, 9.17) is 4.74 Å². The Morgan fingerprint density at radius 1 is 1.29 bits per heavy atom. The summed E-state index contributed by atoms with van der Waals surface area (Å²) < 4.78 is 6.66. The average Bonchev–Trinajstić information content (AvgIpc) is 2.35. The van der Waals surface area contributed by atoms with E-state index in [1.54, 1.807) is 0 Å². The van der Waals surface area contributed by atoms with Gasteiger partial charge in [0, 0.05) is 24.2 Å². The van der Waals surface area contributed by atoms with Crippen LogP contribution in [0.4, 0.5) is 0 Å². The van der Waals surface area contributed by atoms with Crippen LogP contribution in [0.2, 0.25) is 0 Å². The standard InChI is InChI=1S/C14H22BrNO/c1-3-16-11-12(9-10-17-4-2)13-7-5-6-8-14(13)15/h5-8,12,16H,3-4,9-11H2,1-2H3. The Kier molecular flexibility index (Phi) is 7.49. The average molecular weight is 300 g/mol. The van der Waals surface area contributed by atoms with Crippen molar-refractivity contribution in [2.24, 2.45) is 0 Å². The summed E-state index contributed by atoms with van der Waals surface area (Å²) in [6, 6.07) is 8.45. The predicted molar refractivity (Wildman–Crippen MR) is 76.5 cm³/mol. The molecule has 0 saturated carbocycles. The lowest BCUT2D eigenvalue weighted by molar-refractivity contribution is 0.139. The molecule has 1 N–H and O–H groups in total. The van der Waals surface area contributed by atoms with E-state index in [-0.39, 0.29) is 0 Å². The molecule has 2 nitrogen and oxygen atoms in total. The van der Waals surface area contributed by atoms with Gasteiger partial charge in [-0.05, 0) is 37.4 Å². The van der Waals surface area contributed by atoms with E-state index in [2.05, 4.69) is 52.4 Å². The number of likely N-dealkylation sites (N-methyl/N-ethyl adjacent to an activating group) is 1. The Hall–Kier alpha value is -0.380. The highest BCUT2D eigenvalue weighted by molar-refractivity contribution is 9.10. The summed E-state index contributed by atoms with van der Waals surface area (Å²) in [7, 11) is 0. The topological polar surface area (TPSA) is 21.3 Å². The van der Waals surface area contributed by atoms with Crippen molar-refractivity contribution in [1.29, 1.82) is 0 Å². The third kappa shape index (κ3) is 5.19. The van der Waals surface area contributed by atoms with Gasteiger partial charge in [-0.3, -0.25) is 0 Å². The molecule has 0 spiro atoms. The second kappa shape index (κ2) is 8.67. The van der Waals surface area contributed by atoms with Crippen LogP contribution in [0.3, 0.4) is 0 Å². The molecule has 0 radical (unpaired) electrons. The summed E-state index contributed by atoms with van der Waals surface area (Å²) in [5, 5.41) is 3.42. The van der Waals surface area contributed by atoms with Crippen molar-refractivity contribution >= 4 is 15.9 Å². The Morgan fingerprint density at radius 2 is 2.06 bits per heavy atom. The molecule has 1 rings (SSSR count). The van der Waals surface area contributed by atoms with E-state index in [9.17, 15) is 0 Å². The van der Waals surface area contributed by atoms with Gasteiger partial charge in [-0.2, -0.15) is 0 Å². The quantitative estimate of drug-likeness (QED) is 0.741. The van der Waals surface area contributed by atoms with Gasteiger partial charge in [0.2, 0.25) is 0 Å². The molecule has 0 aromatic heterocycles. The van der Waals surface area contributed by atoms with Crippen molar-refractivity contribution in [3.63, 3.8) is 0 Å². The highest BCUT2D eigenvalue weighted by Gasteiger charge is 2.13. The summed E-state index contributed by atoms with van der Waals surface area (Å²) in [6.07, 6.45) is 1.06. The molecule has 0 aliphatic heterocycles. The minimum Gasteiger partial charge on any atom is -0.382 e. The van der Waals surface area contributed by atoms with E-state index in [1.807, 2.05) is 6.92 Å². The first-order valence-electron chi connectivity index (χ1n) is 6.32. The first-order valence-corrected chi connectivity index (χ1v) is 7.11. The lowest BCUT2D eigenvalue weighted by atomic mass is 9.96. The van der Waals surface area contributed by atoms with Gasteiger partial charge in [0.1, 0.15) is 0 Å². The van der Waals surface area contributed by atoms with Gasteiger partial charge >= 0.3 is 0 Å². The normalized spacial score (nSPS) is 12.6. The molecule has 1 aromatic carbocycles. The zero-order valence-corrected chi connectivity index (χ0v) is 12.3. The smallest absolute Gasteiger partial charge is 0.0472 e. The van der Waals surface area contributed by atoms with Crippen LogP contribution in [-0.2, 0) is 4.74 Å². The largest absolute Gasteiger partial charge is 0.382 e. The number of benzene rings is 1. The van der Waals surface area contributed by atoms with Gasteiger partial charge in [0.25, 0.3) is 0 Å². The second-order valence-electron chi connectivity index (χ2n) is 4.01. The number of nitrogens with one attached hydrogen (secondary N) is 1. The van der Waals surface area contributed by atoms with Crippen molar-refractivity contribution < 1.29 is 4.74 Å². The van der Waals surface area contributed by atoms with E-state index in [0.717, 1.165) is 32.7 Å². The monoisotopic (exact) mass is 299 g/mol. The molecule has 1 unspecified atom stereocenters. The lowest BCUT2D eigenvalue weighted by Crippen LogP contribution is -2.22. The van der Waals surface area contributed by atoms with Gasteiger partial charge in [0.15, 0.2) is 0 Å². The van der Waals surface area contributed by atoms with Crippen molar-refractivity contribution in [2.75, 3.05) is 26.3 Å². The summed E-state index contributed by atoms with van der Waals surface area (Å²) in [5.41, 5.74) is 1.37. The Labute approximate surface area is 113 Å². The number of hydrogen-bond donors (Lipinski definition) is 1. The van der Waals surface area contributed by atoms with Gasteiger partial charge in [-0.1, -0.05) is 41.1 Å². The molecule has 17 heavy (non-hydrogen) atoms. The molecular weight excluding hydrogens is 278 g/mol. The maximum Gasteiger partial charge on any atom is 0.0472 e. The minimum absolute atomic E-state index is 0.511. The van der Waals surface area contributed by atoms with Gasteiger partial charge < -0.3 is 10.1 Å². The van der Waals surface area contributed by atoms with Gasteiger partial charge in [-0.25, -0.2) is 0 Å². The maximum atomic E-state index is 5.46.